The minimum absolute atomic E-state index is 0.149. The molecule has 0 aliphatic rings. The molecule has 5 nitrogen and oxygen atoms in total. The number of esters is 1. The Morgan fingerprint density at radius 1 is 1.43 bits per heavy atom. The molecule has 0 aliphatic heterocycles. The number of nitrogens with one attached hydrogen (secondary N) is 2. The number of ether oxygens (including phenoxy) is 1. The summed E-state index contributed by atoms with van der Waals surface area (Å²) in [5, 5.41) is 5.55. The first-order chi connectivity index (χ1) is 6.61. The smallest absolute Gasteiger partial charge is 0.328 e. The molecule has 0 fully saturated rings. The van der Waals surface area contributed by atoms with Crippen molar-refractivity contribution >= 4 is 11.9 Å². The summed E-state index contributed by atoms with van der Waals surface area (Å²) in [5.74, 6) is -0.578. The predicted octanol–water partition coefficient (Wildman–Crippen LogP) is -0.336. The molecule has 0 spiro atoms. The van der Waals surface area contributed by atoms with Gasteiger partial charge in [0.15, 0.2) is 0 Å². The maximum Gasteiger partial charge on any atom is 0.328 e. The lowest BCUT2D eigenvalue weighted by Gasteiger charge is -2.11. The van der Waals surface area contributed by atoms with Crippen molar-refractivity contribution in [3.63, 3.8) is 0 Å². The van der Waals surface area contributed by atoms with E-state index in [0.717, 1.165) is 6.54 Å². The van der Waals surface area contributed by atoms with E-state index < -0.39 is 12.0 Å². The van der Waals surface area contributed by atoms with Gasteiger partial charge in [0.2, 0.25) is 5.91 Å². The fourth-order valence-corrected chi connectivity index (χ4v) is 0.928. The zero-order valence-corrected chi connectivity index (χ0v) is 8.92. The summed E-state index contributed by atoms with van der Waals surface area (Å²) in [6, 6.07) is -0.575. The highest BCUT2D eigenvalue weighted by Crippen LogP contribution is 1.87. The SMILES string of the molecule is CCNCCC(=O)NC(C)C(=O)OC. The Labute approximate surface area is 84.2 Å². The van der Waals surface area contributed by atoms with Crippen LogP contribution in [-0.4, -0.2) is 38.1 Å². The molecule has 1 unspecified atom stereocenters. The standard InChI is InChI=1S/C9H18N2O3/c1-4-10-6-5-8(12)11-7(2)9(13)14-3/h7,10H,4-6H2,1-3H3,(H,11,12). The van der Waals surface area contributed by atoms with Crippen molar-refractivity contribution in [1.29, 1.82) is 0 Å². The van der Waals surface area contributed by atoms with Crippen molar-refractivity contribution < 1.29 is 14.3 Å². The van der Waals surface area contributed by atoms with Gasteiger partial charge >= 0.3 is 5.97 Å². The van der Waals surface area contributed by atoms with Crippen LogP contribution in [0.25, 0.3) is 0 Å². The summed E-state index contributed by atoms with van der Waals surface area (Å²) in [4.78, 5) is 22.1. The quantitative estimate of drug-likeness (QED) is 0.457. The van der Waals surface area contributed by atoms with Crippen molar-refractivity contribution in [2.75, 3.05) is 20.2 Å². The fourth-order valence-electron chi connectivity index (χ4n) is 0.928. The van der Waals surface area contributed by atoms with Gasteiger partial charge < -0.3 is 15.4 Å². The topological polar surface area (TPSA) is 67.4 Å². The van der Waals surface area contributed by atoms with Gasteiger partial charge in [0.25, 0.3) is 0 Å². The number of amides is 1. The molecule has 1 atom stereocenters. The third-order valence-electron chi connectivity index (χ3n) is 1.71. The normalized spacial score (nSPS) is 11.9. The van der Waals surface area contributed by atoms with E-state index >= 15 is 0 Å². The highest BCUT2D eigenvalue weighted by molar-refractivity contribution is 5.84. The Hall–Kier alpha value is -1.10. The minimum atomic E-state index is -0.575. The molecule has 2 N–H and O–H groups in total. The number of hydrogen-bond acceptors (Lipinski definition) is 4. The highest BCUT2D eigenvalue weighted by atomic mass is 16.5. The van der Waals surface area contributed by atoms with Crippen LogP contribution in [0, 0.1) is 0 Å². The number of carbonyl (C=O) groups excluding carboxylic acids is 2. The van der Waals surface area contributed by atoms with Gasteiger partial charge in [-0.2, -0.15) is 0 Å². The third-order valence-corrected chi connectivity index (χ3v) is 1.71. The average Bonchev–Trinajstić information content (AvgIpc) is 2.16. The van der Waals surface area contributed by atoms with E-state index in [1.807, 2.05) is 6.92 Å². The van der Waals surface area contributed by atoms with Crippen molar-refractivity contribution in [3.05, 3.63) is 0 Å². The summed E-state index contributed by atoms with van der Waals surface area (Å²) in [6.07, 6.45) is 0.370. The molecule has 14 heavy (non-hydrogen) atoms. The molecule has 0 rings (SSSR count). The molecule has 0 heterocycles. The van der Waals surface area contributed by atoms with Gasteiger partial charge in [-0.3, -0.25) is 4.79 Å². The van der Waals surface area contributed by atoms with Gasteiger partial charge in [0, 0.05) is 13.0 Å². The molecule has 0 aromatic rings. The van der Waals surface area contributed by atoms with Crippen LogP contribution in [0.3, 0.4) is 0 Å². The largest absolute Gasteiger partial charge is 0.467 e. The summed E-state index contributed by atoms with van der Waals surface area (Å²) in [7, 11) is 1.30. The van der Waals surface area contributed by atoms with Crippen LogP contribution in [0.2, 0.25) is 0 Å². The van der Waals surface area contributed by atoms with Crippen LogP contribution in [0.5, 0.6) is 0 Å². The molecular weight excluding hydrogens is 184 g/mol. The molecule has 0 saturated heterocycles. The predicted molar refractivity (Wildman–Crippen MR) is 52.8 cm³/mol. The molecule has 0 saturated carbocycles. The lowest BCUT2D eigenvalue weighted by Crippen LogP contribution is -2.40. The number of carbonyl (C=O) groups is 2. The van der Waals surface area contributed by atoms with Crippen LogP contribution < -0.4 is 10.6 Å². The van der Waals surface area contributed by atoms with E-state index in [0.29, 0.717) is 13.0 Å². The Balaban J connectivity index is 3.65. The molecule has 1 amide bonds. The zero-order chi connectivity index (χ0) is 11.0. The Morgan fingerprint density at radius 3 is 2.57 bits per heavy atom. The third kappa shape index (κ3) is 5.53. The van der Waals surface area contributed by atoms with Gasteiger partial charge in [-0.25, -0.2) is 4.79 Å². The van der Waals surface area contributed by atoms with Crippen LogP contribution in [-0.2, 0) is 14.3 Å². The molecule has 0 aromatic heterocycles. The van der Waals surface area contributed by atoms with Crippen LogP contribution in [0.4, 0.5) is 0 Å². The first-order valence-electron chi connectivity index (χ1n) is 4.69. The Morgan fingerprint density at radius 2 is 2.07 bits per heavy atom. The van der Waals surface area contributed by atoms with Gasteiger partial charge in [-0.1, -0.05) is 6.92 Å². The van der Waals surface area contributed by atoms with E-state index in [-0.39, 0.29) is 5.91 Å². The van der Waals surface area contributed by atoms with Gasteiger partial charge in [-0.15, -0.1) is 0 Å². The molecule has 0 bridgehead atoms. The molecule has 82 valence electrons. The molecule has 0 aromatic carbocycles. The minimum Gasteiger partial charge on any atom is -0.467 e. The van der Waals surface area contributed by atoms with Crippen molar-refractivity contribution in [2.24, 2.45) is 0 Å². The van der Waals surface area contributed by atoms with Gasteiger partial charge in [0.1, 0.15) is 6.04 Å². The van der Waals surface area contributed by atoms with Gasteiger partial charge in [0.05, 0.1) is 7.11 Å². The summed E-state index contributed by atoms with van der Waals surface area (Å²) in [5.41, 5.74) is 0. The summed E-state index contributed by atoms with van der Waals surface area (Å²) >= 11 is 0. The molecule has 0 aliphatic carbocycles. The molecular formula is C9H18N2O3. The molecule has 0 radical (unpaired) electrons. The second-order valence-corrected chi connectivity index (χ2v) is 2.92. The maximum absolute atomic E-state index is 11.2. The maximum atomic E-state index is 11.2. The first-order valence-corrected chi connectivity index (χ1v) is 4.69. The average molecular weight is 202 g/mol. The van der Waals surface area contributed by atoms with Crippen molar-refractivity contribution in [2.45, 2.75) is 26.3 Å². The number of rotatable bonds is 6. The second-order valence-electron chi connectivity index (χ2n) is 2.92. The summed E-state index contributed by atoms with van der Waals surface area (Å²) in [6.45, 7) is 5.02. The van der Waals surface area contributed by atoms with Crippen molar-refractivity contribution in [3.8, 4) is 0 Å². The van der Waals surface area contributed by atoms with E-state index in [1.165, 1.54) is 7.11 Å². The van der Waals surface area contributed by atoms with Crippen LogP contribution in [0.15, 0.2) is 0 Å². The molecule has 5 heteroatoms. The van der Waals surface area contributed by atoms with E-state index in [9.17, 15) is 9.59 Å². The number of methoxy groups -OCH3 is 1. The van der Waals surface area contributed by atoms with E-state index in [1.54, 1.807) is 6.92 Å². The summed E-state index contributed by atoms with van der Waals surface area (Å²) < 4.78 is 4.47. The fraction of sp³-hybridized carbons (Fsp3) is 0.778. The second kappa shape index (κ2) is 7.32. The zero-order valence-electron chi connectivity index (χ0n) is 8.92. The van der Waals surface area contributed by atoms with Crippen LogP contribution >= 0.6 is 0 Å². The lowest BCUT2D eigenvalue weighted by atomic mass is 10.3. The lowest BCUT2D eigenvalue weighted by molar-refractivity contribution is -0.144. The Bertz CT molecular complexity index is 194. The van der Waals surface area contributed by atoms with Gasteiger partial charge in [-0.05, 0) is 13.5 Å². The Kier molecular flexibility index (Phi) is 6.74. The monoisotopic (exact) mass is 202 g/mol. The number of hydrogen-bond donors (Lipinski definition) is 2. The van der Waals surface area contributed by atoms with E-state index in [2.05, 4.69) is 15.4 Å². The first kappa shape index (κ1) is 12.9. The van der Waals surface area contributed by atoms with Crippen LogP contribution in [0.1, 0.15) is 20.3 Å². The van der Waals surface area contributed by atoms with E-state index in [4.69, 9.17) is 0 Å². The van der Waals surface area contributed by atoms with Crippen molar-refractivity contribution in [1.82, 2.24) is 10.6 Å². The highest BCUT2D eigenvalue weighted by Gasteiger charge is 2.14.